The second-order valence-corrected chi connectivity index (χ2v) is 4.24. The van der Waals surface area contributed by atoms with Gasteiger partial charge in [-0.25, -0.2) is 14.1 Å². The van der Waals surface area contributed by atoms with E-state index < -0.39 is 0 Å². The monoisotopic (exact) mass is 248 g/mol. The SMILES string of the molecule is CCCn1ncnc1CNc1cc(C)ccc1F. The molecule has 0 aliphatic carbocycles. The molecule has 5 heteroatoms. The van der Waals surface area contributed by atoms with Crippen molar-refractivity contribution < 1.29 is 4.39 Å². The van der Waals surface area contributed by atoms with E-state index >= 15 is 0 Å². The summed E-state index contributed by atoms with van der Waals surface area (Å²) in [4.78, 5) is 4.17. The number of nitrogens with one attached hydrogen (secondary N) is 1. The topological polar surface area (TPSA) is 42.7 Å². The van der Waals surface area contributed by atoms with Crippen LogP contribution in [0.15, 0.2) is 24.5 Å². The molecule has 1 N–H and O–H groups in total. The van der Waals surface area contributed by atoms with Crippen LogP contribution in [-0.4, -0.2) is 14.8 Å². The molecule has 2 aromatic rings. The normalized spacial score (nSPS) is 10.6. The first kappa shape index (κ1) is 12.5. The summed E-state index contributed by atoms with van der Waals surface area (Å²) in [6, 6.07) is 5.00. The number of anilines is 1. The molecule has 2 rings (SSSR count). The van der Waals surface area contributed by atoms with Gasteiger partial charge in [0.1, 0.15) is 18.0 Å². The molecule has 0 unspecified atom stereocenters. The predicted molar refractivity (Wildman–Crippen MR) is 68.8 cm³/mol. The summed E-state index contributed by atoms with van der Waals surface area (Å²) in [5, 5.41) is 7.19. The molecule has 4 nitrogen and oxygen atoms in total. The van der Waals surface area contributed by atoms with Gasteiger partial charge in [-0.05, 0) is 31.0 Å². The fraction of sp³-hybridized carbons (Fsp3) is 0.385. The molecular formula is C13H17FN4. The fourth-order valence-corrected chi connectivity index (χ4v) is 1.77. The zero-order valence-electron chi connectivity index (χ0n) is 10.7. The molecule has 0 radical (unpaired) electrons. The summed E-state index contributed by atoms with van der Waals surface area (Å²) >= 11 is 0. The summed E-state index contributed by atoms with van der Waals surface area (Å²) < 4.78 is 15.4. The number of rotatable bonds is 5. The lowest BCUT2D eigenvalue weighted by molar-refractivity contribution is 0.572. The minimum atomic E-state index is -0.248. The lowest BCUT2D eigenvalue weighted by atomic mass is 10.2. The first-order valence-corrected chi connectivity index (χ1v) is 6.07. The highest BCUT2D eigenvalue weighted by molar-refractivity contribution is 5.46. The molecule has 1 heterocycles. The number of hydrogen-bond acceptors (Lipinski definition) is 3. The Bertz CT molecular complexity index is 521. The number of halogens is 1. The van der Waals surface area contributed by atoms with Gasteiger partial charge in [0.25, 0.3) is 0 Å². The molecule has 0 amide bonds. The Kier molecular flexibility index (Phi) is 3.92. The molecule has 0 saturated heterocycles. The smallest absolute Gasteiger partial charge is 0.146 e. The standard InChI is InChI=1S/C13H17FN4/c1-3-6-18-13(16-9-17-18)8-15-12-7-10(2)4-5-11(12)14/h4-5,7,9,15H,3,6,8H2,1-2H3. The molecule has 1 aromatic heterocycles. The maximum absolute atomic E-state index is 13.5. The number of benzene rings is 1. The van der Waals surface area contributed by atoms with E-state index in [4.69, 9.17) is 0 Å². The second-order valence-electron chi connectivity index (χ2n) is 4.24. The quantitative estimate of drug-likeness (QED) is 0.884. The van der Waals surface area contributed by atoms with Gasteiger partial charge in [-0.2, -0.15) is 5.10 Å². The molecule has 1 aromatic carbocycles. The third-order valence-corrected chi connectivity index (χ3v) is 2.69. The molecule has 0 fully saturated rings. The maximum Gasteiger partial charge on any atom is 0.146 e. The van der Waals surface area contributed by atoms with Crippen molar-refractivity contribution in [3.05, 3.63) is 41.7 Å². The highest BCUT2D eigenvalue weighted by atomic mass is 19.1. The van der Waals surface area contributed by atoms with Crippen LogP contribution in [0.3, 0.4) is 0 Å². The van der Waals surface area contributed by atoms with Crippen molar-refractivity contribution in [2.75, 3.05) is 5.32 Å². The summed E-state index contributed by atoms with van der Waals surface area (Å²) in [5.74, 6) is 0.569. The van der Waals surface area contributed by atoms with Crippen molar-refractivity contribution in [2.24, 2.45) is 0 Å². The molecule has 0 atom stereocenters. The van der Waals surface area contributed by atoms with Crippen molar-refractivity contribution in [3.8, 4) is 0 Å². The van der Waals surface area contributed by atoms with E-state index in [-0.39, 0.29) is 5.82 Å². The lowest BCUT2D eigenvalue weighted by Crippen LogP contribution is -2.10. The van der Waals surface area contributed by atoms with E-state index in [1.54, 1.807) is 12.1 Å². The number of aryl methyl sites for hydroxylation is 2. The fourth-order valence-electron chi connectivity index (χ4n) is 1.77. The van der Waals surface area contributed by atoms with Crippen molar-refractivity contribution in [2.45, 2.75) is 33.4 Å². The number of aromatic nitrogens is 3. The van der Waals surface area contributed by atoms with Gasteiger partial charge in [0.05, 0.1) is 12.2 Å². The largest absolute Gasteiger partial charge is 0.375 e. The third-order valence-electron chi connectivity index (χ3n) is 2.69. The first-order chi connectivity index (χ1) is 8.70. The molecule has 0 aliphatic heterocycles. The van der Waals surface area contributed by atoms with Crippen molar-refractivity contribution in [3.63, 3.8) is 0 Å². The van der Waals surface area contributed by atoms with Gasteiger partial charge in [0.2, 0.25) is 0 Å². The van der Waals surface area contributed by atoms with E-state index in [1.165, 1.54) is 12.4 Å². The van der Waals surface area contributed by atoms with Gasteiger partial charge >= 0.3 is 0 Å². The number of nitrogens with zero attached hydrogens (tertiary/aromatic N) is 3. The molecular weight excluding hydrogens is 231 g/mol. The van der Waals surface area contributed by atoms with Gasteiger partial charge in [0.15, 0.2) is 0 Å². The van der Waals surface area contributed by atoms with Crippen LogP contribution >= 0.6 is 0 Å². The summed E-state index contributed by atoms with van der Waals surface area (Å²) in [5.41, 5.74) is 1.52. The zero-order valence-corrected chi connectivity index (χ0v) is 10.7. The summed E-state index contributed by atoms with van der Waals surface area (Å²) in [6.45, 7) is 5.32. The average molecular weight is 248 g/mol. The molecule has 0 bridgehead atoms. The first-order valence-electron chi connectivity index (χ1n) is 6.07. The summed E-state index contributed by atoms with van der Waals surface area (Å²) in [6.07, 6.45) is 2.52. The van der Waals surface area contributed by atoms with Crippen LogP contribution in [0.1, 0.15) is 24.7 Å². The van der Waals surface area contributed by atoms with Gasteiger partial charge < -0.3 is 5.32 Å². The Labute approximate surface area is 106 Å². The lowest BCUT2D eigenvalue weighted by Gasteiger charge is -2.09. The molecule has 0 saturated carbocycles. The van der Waals surface area contributed by atoms with Gasteiger partial charge in [0, 0.05) is 6.54 Å². The van der Waals surface area contributed by atoms with Gasteiger partial charge in [-0.3, -0.25) is 0 Å². The van der Waals surface area contributed by atoms with Gasteiger partial charge in [-0.15, -0.1) is 0 Å². The Morgan fingerprint density at radius 1 is 1.39 bits per heavy atom. The molecule has 0 spiro atoms. The van der Waals surface area contributed by atoms with Crippen molar-refractivity contribution in [1.29, 1.82) is 0 Å². The van der Waals surface area contributed by atoms with Crippen LogP contribution in [0.2, 0.25) is 0 Å². The Balaban J connectivity index is 2.06. The van der Waals surface area contributed by atoms with E-state index in [2.05, 4.69) is 22.3 Å². The van der Waals surface area contributed by atoms with Crippen molar-refractivity contribution >= 4 is 5.69 Å². The minimum Gasteiger partial charge on any atom is -0.375 e. The number of hydrogen-bond donors (Lipinski definition) is 1. The van der Waals surface area contributed by atoms with Crippen LogP contribution < -0.4 is 5.32 Å². The van der Waals surface area contributed by atoms with Crippen LogP contribution in [0.5, 0.6) is 0 Å². The highest BCUT2D eigenvalue weighted by Gasteiger charge is 2.06. The van der Waals surface area contributed by atoms with Crippen molar-refractivity contribution in [1.82, 2.24) is 14.8 Å². The average Bonchev–Trinajstić information content (AvgIpc) is 2.78. The van der Waals surface area contributed by atoms with E-state index in [0.717, 1.165) is 24.4 Å². The van der Waals surface area contributed by atoms with Crippen LogP contribution in [0, 0.1) is 12.7 Å². The van der Waals surface area contributed by atoms with E-state index in [0.29, 0.717) is 12.2 Å². The zero-order chi connectivity index (χ0) is 13.0. The van der Waals surface area contributed by atoms with Gasteiger partial charge in [-0.1, -0.05) is 13.0 Å². The maximum atomic E-state index is 13.5. The second kappa shape index (κ2) is 5.62. The third kappa shape index (κ3) is 2.85. The summed E-state index contributed by atoms with van der Waals surface area (Å²) in [7, 11) is 0. The Hall–Kier alpha value is -1.91. The Morgan fingerprint density at radius 3 is 3.00 bits per heavy atom. The predicted octanol–water partition coefficient (Wildman–Crippen LogP) is 2.75. The van der Waals surface area contributed by atoms with Crippen LogP contribution in [0.25, 0.3) is 0 Å². The molecule has 96 valence electrons. The highest BCUT2D eigenvalue weighted by Crippen LogP contribution is 2.16. The van der Waals surface area contributed by atoms with Crippen LogP contribution in [0.4, 0.5) is 10.1 Å². The molecule has 0 aliphatic rings. The van der Waals surface area contributed by atoms with Crippen LogP contribution in [-0.2, 0) is 13.1 Å². The Morgan fingerprint density at radius 2 is 2.22 bits per heavy atom. The van der Waals surface area contributed by atoms with E-state index in [9.17, 15) is 4.39 Å². The van der Waals surface area contributed by atoms with E-state index in [1.807, 2.05) is 11.6 Å². The minimum absolute atomic E-state index is 0.248. The molecule has 18 heavy (non-hydrogen) atoms.